The van der Waals surface area contributed by atoms with Gasteiger partial charge < -0.3 is 9.22 Å². The summed E-state index contributed by atoms with van der Waals surface area (Å²) in [5.74, 6) is -0.308. The molecule has 0 saturated carbocycles. The molecule has 0 aliphatic heterocycles. The van der Waals surface area contributed by atoms with Gasteiger partial charge in [-0.2, -0.15) is 0 Å². The molecule has 0 aliphatic carbocycles. The SMILES string of the molecule is C=CC(=O)OCCCCCCCCC[N+](C)(C)CCC. The average molecular weight is 284 g/mol. The first kappa shape index (κ1) is 19.2. The van der Waals surface area contributed by atoms with Gasteiger partial charge in [0, 0.05) is 6.08 Å². The Bertz CT molecular complexity index is 262. The summed E-state index contributed by atoms with van der Waals surface area (Å²) in [5.41, 5.74) is 0. The molecule has 0 aliphatic rings. The van der Waals surface area contributed by atoms with Crippen LogP contribution in [0.1, 0.15) is 58.3 Å². The lowest BCUT2D eigenvalue weighted by molar-refractivity contribution is -0.890. The molecule has 0 spiro atoms. The molecule has 0 amide bonds. The summed E-state index contributed by atoms with van der Waals surface area (Å²) in [5, 5.41) is 0. The van der Waals surface area contributed by atoms with Crippen LogP contribution in [0.5, 0.6) is 0 Å². The number of ether oxygens (including phenoxy) is 1. The molecule has 0 radical (unpaired) electrons. The van der Waals surface area contributed by atoms with E-state index in [-0.39, 0.29) is 5.97 Å². The van der Waals surface area contributed by atoms with Crippen molar-refractivity contribution in [2.24, 2.45) is 0 Å². The van der Waals surface area contributed by atoms with Gasteiger partial charge in [-0.1, -0.05) is 39.2 Å². The normalized spacial score (nSPS) is 11.3. The van der Waals surface area contributed by atoms with Crippen molar-refractivity contribution in [3.63, 3.8) is 0 Å². The number of nitrogens with zero attached hydrogens (tertiary/aromatic N) is 1. The number of quaternary nitrogens is 1. The zero-order valence-electron chi connectivity index (χ0n) is 13.8. The zero-order chi connectivity index (χ0) is 15.3. The summed E-state index contributed by atoms with van der Waals surface area (Å²) in [6, 6.07) is 0. The van der Waals surface area contributed by atoms with E-state index in [2.05, 4.69) is 27.6 Å². The quantitative estimate of drug-likeness (QED) is 0.222. The van der Waals surface area contributed by atoms with Gasteiger partial charge in [0.15, 0.2) is 0 Å². The Morgan fingerprint density at radius 3 is 2.10 bits per heavy atom. The van der Waals surface area contributed by atoms with Crippen molar-refractivity contribution in [3.05, 3.63) is 12.7 Å². The van der Waals surface area contributed by atoms with Crippen LogP contribution < -0.4 is 0 Å². The standard InChI is InChI=1S/C17H34NO2/c1-5-14-18(3,4)15-12-10-8-7-9-11-13-16-20-17(19)6-2/h6H,2,5,7-16H2,1,3-4H3/q+1. The minimum atomic E-state index is -0.308. The van der Waals surface area contributed by atoms with Gasteiger partial charge in [-0.15, -0.1) is 0 Å². The highest BCUT2D eigenvalue weighted by Gasteiger charge is 2.11. The van der Waals surface area contributed by atoms with E-state index in [1.165, 1.54) is 57.7 Å². The number of unbranched alkanes of at least 4 members (excludes halogenated alkanes) is 6. The summed E-state index contributed by atoms with van der Waals surface area (Å²) in [7, 11) is 4.65. The van der Waals surface area contributed by atoms with Crippen molar-refractivity contribution >= 4 is 5.97 Å². The monoisotopic (exact) mass is 284 g/mol. The van der Waals surface area contributed by atoms with Crippen molar-refractivity contribution in [1.29, 1.82) is 0 Å². The third-order valence-electron chi connectivity index (χ3n) is 3.65. The van der Waals surface area contributed by atoms with Crippen LogP contribution in [0.2, 0.25) is 0 Å². The van der Waals surface area contributed by atoms with Crippen LogP contribution in [0.4, 0.5) is 0 Å². The van der Waals surface area contributed by atoms with Crippen LogP contribution >= 0.6 is 0 Å². The molecule has 20 heavy (non-hydrogen) atoms. The number of carbonyl (C=O) groups excluding carboxylic acids is 1. The van der Waals surface area contributed by atoms with Crippen LogP contribution in [-0.4, -0.2) is 44.2 Å². The van der Waals surface area contributed by atoms with Gasteiger partial charge in [0.05, 0.1) is 33.8 Å². The molecule has 0 bridgehead atoms. The summed E-state index contributed by atoms with van der Waals surface area (Å²) in [4.78, 5) is 10.8. The first-order chi connectivity index (χ1) is 9.52. The molecule has 0 aromatic rings. The molecule has 0 unspecified atom stereocenters. The lowest BCUT2D eigenvalue weighted by Crippen LogP contribution is -2.40. The number of hydrogen-bond acceptors (Lipinski definition) is 2. The maximum absolute atomic E-state index is 10.8. The van der Waals surface area contributed by atoms with E-state index in [9.17, 15) is 4.79 Å². The molecule has 0 N–H and O–H groups in total. The second-order valence-corrected chi connectivity index (χ2v) is 6.23. The van der Waals surface area contributed by atoms with E-state index in [0.717, 1.165) is 17.3 Å². The van der Waals surface area contributed by atoms with Crippen LogP contribution in [0, 0.1) is 0 Å². The molecule has 0 saturated heterocycles. The molecule has 0 atom stereocenters. The van der Waals surface area contributed by atoms with Crippen molar-refractivity contribution in [3.8, 4) is 0 Å². The first-order valence-corrected chi connectivity index (χ1v) is 8.13. The van der Waals surface area contributed by atoms with Crippen molar-refractivity contribution in [2.75, 3.05) is 33.8 Å². The molecule has 3 heteroatoms. The van der Waals surface area contributed by atoms with Gasteiger partial charge in [0.25, 0.3) is 0 Å². The molecule has 0 heterocycles. The summed E-state index contributed by atoms with van der Waals surface area (Å²) < 4.78 is 6.10. The maximum atomic E-state index is 10.8. The van der Waals surface area contributed by atoms with Crippen LogP contribution in [-0.2, 0) is 9.53 Å². The Kier molecular flexibility index (Phi) is 11.5. The lowest BCUT2D eigenvalue weighted by atomic mass is 10.1. The Labute approximate surface area is 125 Å². The first-order valence-electron chi connectivity index (χ1n) is 8.13. The Hall–Kier alpha value is -0.830. The van der Waals surface area contributed by atoms with Gasteiger partial charge in [-0.25, -0.2) is 4.79 Å². The molecular formula is C17H34NO2+. The molecule has 0 aromatic carbocycles. The third kappa shape index (κ3) is 12.2. The second kappa shape index (κ2) is 12.0. The van der Waals surface area contributed by atoms with Crippen molar-refractivity contribution in [1.82, 2.24) is 0 Å². The third-order valence-corrected chi connectivity index (χ3v) is 3.65. The van der Waals surface area contributed by atoms with Gasteiger partial charge in [-0.05, 0) is 25.7 Å². The van der Waals surface area contributed by atoms with E-state index in [1.807, 2.05) is 0 Å². The molecule has 118 valence electrons. The number of carbonyl (C=O) groups is 1. The van der Waals surface area contributed by atoms with Crippen molar-refractivity contribution in [2.45, 2.75) is 58.3 Å². The van der Waals surface area contributed by atoms with Crippen molar-refractivity contribution < 1.29 is 14.0 Å². The Morgan fingerprint density at radius 2 is 1.55 bits per heavy atom. The molecule has 0 rings (SSSR count). The molecule has 0 fully saturated rings. The van der Waals surface area contributed by atoms with Gasteiger partial charge in [0.1, 0.15) is 0 Å². The summed E-state index contributed by atoms with van der Waals surface area (Å²) >= 11 is 0. The van der Waals surface area contributed by atoms with Crippen LogP contribution in [0.25, 0.3) is 0 Å². The second-order valence-electron chi connectivity index (χ2n) is 6.23. The van der Waals surface area contributed by atoms with Crippen LogP contribution in [0.3, 0.4) is 0 Å². The van der Waals surface area contributed by atoms with E-state index >= 15 is 0 Å². The van der Waals surface area contributed by atoms with Gasteiger partial charge in [0.2, 0.25) is 0 Å². The molecular weight excluding hydrogens is 250 g/mol. The number of rotatable bonds is 13. The zero-order valence-corrected chi connectivity index (χ0v) is 13.8. The highest BCUT2D eigenvalue weighted by Crippen LogP contribution is 2.10. The maximum Gasteiger partial charge on any atom is 0.330 e. The summed E-state index contributed by atoms with van der Waals surface area (Å²) in [6.45, 7) is 8.74. The van der Waals surface area contributed by atoms with Gasteiger partial charge in [-0.3, -0.25) is 0 Å². The Morgan fingerprint density at radius 1 is 1.00 bits per heavy atom. The highest BCUT2D eigenvalue weighted by atomic mass is 16.5. The average Bonchev–Trinajstić information content (AvgIpc) is 2.40. The predicted octanol–water partition coefficient (Wildman–Crippen LogP) is 3.93. The number of hydrogen-bond donors (Lipinski definition) is 0. The van der Waals surface area contributed by atoms with E-state index in [0.29, 0.717) is 6.61 Å². The van der Waals surface area contributed by atoms with E-state index in [4.69, 9.17) is 4.74 Å². The fourth-order valence-corrected chi connectivity index (χ4v) is 2.47. The minimum absolute atomic E-state index is 0.308. The minimum Gasteiger partial charge on any atom is -0.463 e. The molecule has 3 nitrogen and oxygen atoms in total. The topological polar surface area (TPSA) is 26.3 Å². The van der Waals surface area contributed by atoms with Gasteiger partial charge >= 0.3 is 5.97 Å². The van der Waals surface area contributed by atoms with E-state index in [1.54, 1.807) is 0 Å². The highest BCUT2D eigenvalue weighted by molar-refractivity contribution is 5.81. The number of esters is 1. The summed E-state index contributed by atoms with van der Waals surface area (Å²) in [6.07, 6.45) is 11.2. The lowest BCUT2D eigenvalue weighted by Gasteiger charge is -2.29. The largest absolute Gasteiger partial charge is 0.463 e. The fourth-order valence-electron chi connectivity index (χ4n) is 2.47. The molecule has 0 aromatic heterocycles. The smallest absolute Gasteiger partial charge is 0.330 e. The van der Waals surface area contributed by atoms with E-state index < -0.39 is 0 Å². The predicted molar refractivity (Wildman–Crippen MR) is 85.6 cm³/mol. The Balaban J connectivity index is 3.25. The van der Waals surface area contributed by atoms with Crippen LogP contribution in [0.15, 0.2) is 12.7 Å². The fraction of sp³-hybridized carbons (Fsp3) is 0.824.